The van der Waals surface area contributed by atoms with Crippen molar-refractivity contribution >= 4 is 41.0 Å². The highest BCUT2D eigenvalue weighted by atomic mass is 32.1. The predicted octanol–water partition coefficient (Wildman–Crippen LogP) is 2.71. The van der Waals surface area contributed by atoms with Crippen molar-refractivity contribution in [3.05, 3.63) is 39.5 Å². The fourth-order valence-electron chi connectivity index (χ4n) is 3.72. The van der Waals surface area contributed by atoms with Crippen molar-refractivity contribution in [3.8, 4) is 0 Å². The van der Waals surface area contributed by atoms with E-state index >= 15 is 0 Å². The highest BCUT2D eigenvalue weighted by Gasteiger charge is 2.28. The Kier molecular flexibility index (Phi) is 12.5. The van der Waals surface area contributed by atoms with E-state index in [4.69, 9.17) is 16.2 Å². The van der Waals surface area contributed by atoms with Crippen LogP contribution in [0.15, 0.2) is 18.3 Å². The summed E-state index contributed by atoms with van der Waals surface area (Å²) in [5, 5.41) is 2.57. The molecule has 2 aliphatic rings. The van der Waals surface area contributed by atoms with Crippen LogP contribution in [-0.4, -0.2) is 75.9 Å². The summed E-state index contributed by atoms with van der Waals surface area (Å²) in [4.78, 5) is 57.3. The van der Waals surface area contributed by atoms with E-state index < -0.39 is 23.3 Å². The van der Waals surface area contributed by atoms with Gasteiger partial charge in [0.15, 0.2) is 5.01 Å². The Balaban J connectivity index is 0.000000233. The number of anilines is 1. The van der Waals surface area contributed by atoms with Crippen molar-refractivity contribution in [2.24, 2.45) is 11.5 Å². The number of aromatic nitrogens is 2. The molecule has 40 heavy (non-hydrogen) atoms. The number of ether oxygens (including phenoxy) is 1. The number of fused-ring (bicyclic) bond motifs is 1. The van der Waals surface area contributed by atoms with Gasteiger partial charge in [-0.25, -0.2) is 14.8 Å². The molecule has 220 valence electrons. The summed E-state index contributed by atoms with van der Waals surface area (Å²) in [6.07, 6.45) is 7.07. The van der Waals surface area contributed by atoms with E-state index in [1.54, 1.807) is 17.2 Å². The minimum absolute atomic E-state index is 0.302. The van der Waals surface area contributed by atoms with E-state index in [-0.39, 0.29) is 6.09 Å². The molecule has 5 N–H and O–H groups in total. The third kappa shape index (κ3) is 11.3. The molecule has 1 fully saturated rings. The number of carbonyl (C=O) groups excluding carboxylic acids is 4. The van der Waals surface area contributed by atoms with E-state index in [1.165, 1.54) is 43.7 Å². The molecule has 4 heterocycles. The highest BCUT2D eigenvalue weighted by Crippen LogP contribution is 2.26. The number of piperidine rings is 1. The molecule has 0 aromatic carbocycles. The number of likely N-dealkylation sites (tertiary alicyclic amines) is 1. The molecule has 2 aromatic rings. The van der Waals surface area contributed by atoms with Gasteiger partial charge in [0.25, 0.3) is 5.91 Å². The van der Waals surface area contributed by atoms with E-state index in [9.17, 15) is 19.2 Å². The van der Waals surface area contributed by atoms with Crippen molar-refractivity contribution in [3.63, 3.8) is 0 Å². The fourth-order valence-corrected chi connectivity index (χ4v) is 4.70. The largest absolute Gasteiger partial charge is 0.444 e. The van der Waals surface area contributed by atoms with E-state index in [2.05, 4.69) is 27.2 Å². The van der Waals surface area contributed by atoms with Gasteiger partial charge in [-0.1, -0.05) is 19.4 Å². The Morgan fingerprint density at radius 1 is 1.07 bits per heavy atom. The lowest BCUT2D eigenvalue weighted by Gasteiger charge is -2.29. The molecule has 0 bridgehead atoms. The molecule has 12 nitrogen and oxygen atoms in total. The lowest BCUT2D eigenvalue weighted by molar-refractivity contribution is -0.134. The first-order valence-electron chi connectivity index (χ1n) is 13.3. The fraction of sp³-hybridized carbons (Fsp3) is 0.556. The molecule has 2 aromatic heterocycles. The molecule has 4 rings (SSSR count). The third-order valence-corrected chi connectivity index (χ3v) is 6.97. The molecule has 4 amide bonds. The SMILES string of the molecule is CC(C)(C)OC(=O)N1CCc2nc(C(N)=O)sc2C1.CCc1ccc(NC(=O)C(N)=O)nc1.CN1CCCCC1. The number of hydrogen-bond donors (Lipinski definition) is 3. The molecule has 13 heteroatoms. The van der Waals surface area contributed by atoms with Crippen LogP contribution in [0.2, 0.25) is 0 Å². The van der Waals surface area contributed by atoms with Gasteiger partial charge in [-0.15, -0.1) is 11.3 Å². The lowest BCUT2D eigenvalue weighted by atomic mass is 10.1. The first-order chi connectivity index (χ1) is 18.8. The number of amides is 4. The van der Waals surface area contributed by atoms with E-state index in [1.807, 2.05) is 33.8 Å². The van der Waals surface area contributed by atoms with Crippen molar-refractivity contribution in [2.45, 2.75) is 71.9 Å². The van der Waals surface area contributed by atoms with Crippen LogP contribution in [0.25, 0.3) is 0 Å². The average molecular weight is 576 g/mol. The number of carbonyl (C=O) groups is 4. The molecular weight excluding hydrogens is 534 g/mol. The number of nitrogens with zero attached hydrogens (tertiary/aromatic N) is 4. The quantitative estimate of drug-likeness (QED) is 0.468. The number of pyridine rings is 1. The summed E-state index contributed by atoms with van der Waals surface area (Å²) in [7, 11) is 2.19. The van der Waals surface area contributed by atoms with Crippen molar-refractivity contribution in [1.29, 1.82) is 0 Å². The summed E-state index contributed by atoms with van der Waals surface area (Å²) in [6, 6.07) is 3.45. The standard InChI is InChI=1S/C12H17N3O3S.C9H11N3O2.C6H13N/c1-12(2,3)18-11(17)15-5-4-7-8(6-15)19-10(14-7)9(13)16;1-2-6-3-4-7(11-5-6)12-9(14)8(10)13;1-7-5-3-2-4-6-7/h4-6H2,1-3H3,(H2,13,16);3-5H,2H2,1H3,(H2,10,13)(H,11,12,14);2-6H2,1H3. The summed E-state index contributed by atoms with van der Waals surface area (Å²) < 4.78 is 5.33. The smallest absolute Gasteiger partial charge is 0.410 e. The second-order valence-corrected chi connectivity index (χ2v) is 11.6. The number of nitrogens with two attached hydrogens (primary N) is 2. The Morgan fingerprint density at radius 3 is 2.23 bits per heavy atom. The monoisotopic (exact) mass is 575 g/mol. The van der Waals surface area contributed by atoms with Crippen LogP contribution in [0.4, 0.5) is 10.6 Å². The first kappa shape index (κ1) is 32.6. The normalized spacial score (nSPS) is 14.9. The van der Waals surface area contributed by atoms with Gasteiger partial charge in [0.05, 0.1) is 12.2 Å². The van der Waals surface area contributed by atoms with Gasteiger partial charge in [0, 0.05) is 24.0 Å². The summed E-state index contributed by atoms with van der Waals surface area (Å²) >= 11 is 1.25. The zero-order chi connectivity index (χ0) is 29.9. The summed E-state index contributed by atoms with van der Waals surface area (Å²) in [5.74, 6) is -2.08. The van der Waals surface area contributed by atoms with Gasteiger partial charge in [-0.3, -0.25) is 14.4 Å². The van der Waals surface area contributed by atoms with Crippen molar-refractivity contribution < 1.29 is 23.9 Å². The molecule has 0 unspecified atom stereocenters. The van der Waals surface area contributed by atoms with Gasteiger partial charge in [-0.05, 0) is 71.8 Å². The molecule has 1 saturated heterocycles. The van der Waals surface area contributed by atoms with Crippen LogP contribution in [0.3, 0.4) is 0 Å². The number of nitrogens with one attached hydrogen (secondary N) is 1. The van der Waals surface area contributed by atoms with Crippen LogP contribution in [0.5, 0.6) is 0 Å². The maximum atomic E-state index is 12.0. The molecule has 0 aliphatic carbocycles. The minimum atomic E-state index is -1.02. The molecule has 0 spiro atoms. The van der Waals surface area contributed by atoms with Crippen LogP contribution < -0.4 is 16.8 Å². The number of thiazole rings is 1. The number of rotatable bonds is 3. The lowest BCUT2D eigenvalue weighted by Crippen LogP contribution is -2.39. The Morgan fingerprint density at radius 2 is 1.75 bits per heavy atom. The van der Waals surface area contributed by atoms with Crippen molar-refractivity contribution in [1.82, 2.24) is 19.8 Å². The highest BCUT2D eigenvalue weighted by molar-refractivity contribution is 7.13. The Hall–Kier alpha value is -3.58. The topological polar surface area (TPSA) is 174 Å². The summed E-state index contributed by atoms with van der Waals surface area (Å²) in [5.41, 5.74) is 11.4. The molecule has 0 atom stereocenters. The van der Waals surface area contributed by atoms with E-state index in [0.717, 1.165) is 22.6 Å². The maximum absolute atomic E-state index is 12.0. The van der Waals surface area contributed by atoms with Gasteiger partial charge in [0.2, 0.25) is 0 Å². The number of primary amides is 2. The molecular formula is C27H41N7O5S. The second-order valence-electron chi connectivity index (χ2n) is 10.5. The van der Waals surface area contributed by atoms with Crippen LogP contribution in [0.1, 0.15) is 72.9 Å². The summed E-state index contributed by atoms with van der Waals surface area (Å²) in [6.45, 7) is 11.1. The molecule has 2 aliphatic heterocycles. The average Bonchev–Trinajstić information content (AvgIpc) is 3.33. The molecule has 0 saturated carbocycles. The first-order valence-corrected chi connectivity index (χ1v) is 14.1. The second kappa shape index (κ2) is 15.3. The van der Waals surface area contributed by atoms with Gasteiger partial charge in [-0.2, -0.15) is 0 Å². The Bertz CT molecular complexity index is 1160. The zero-order valence-electron chi connectivity index (χ0n) is 24.0. The molecule has 0 radical (unpaired) electrons. The third-order valence-electron chi connectivity index (χ3n) is 5.87. The minimum Gasteiger partial charge on any atom is -0.444 e. The van der Waals surface area contributed by atoms with Crippen LogP contribution in [-0.2, 0) is 33.7 Å². The number of hydrogen-bond acceptors (Lipinski definition) is 9. The van der Waals surface area contributed by atoms with Gasteiger partial charge in [0.1, 0.15) is 11.4 Å². The van der Waals surface area contributed by atoms with Gasteiger partial charge >= 0.3 is 17.9 Å². The van der Waals surface area contributed by atoms with E-state index in [0.29, 0.717) is 30.3 Å². The van der Waals surface area contributed by atoms with Crippen LogP contribution >= 0.6 is 11.3 Å². The predicted molar refractivity (Wildman–Crippen MR) is 154 cm³/mol. The van der Waals surface area contributed by atoms with Crippen molar-refractivity contribution in [2.75, 3.05) is 32.0 Å². The zero-order valence-corrected chi connectivity index (χ0v) is 24.8. The van der Waals surface area contributed by atoms with Crippen LogP contribution in [0, 0.1) is 0 Å². The Labute approximate surface area is 239 Å². The maximum Gasteiger partial charge on any atom is 0.410 e. The van der Waals surface area contributed by atoms with Gasteiger partial charge < -0.3 is 31.3 Å². The number of aryl methyl sites for hydroxylation is 1.